The van der Waals surface area contributed by atoms with Gasteiger partial charge in [0.25, 0.3) is 25.8 Å². The number of anilines is 2. The van der Waals surface area contributed by atoms with E-state index < -0.39 is 52.8 Å². The zero-order valence-corrected chi connectivity index (χ0v) is 45.6. The van der Waals surface area contributed by atoms with Crippen LogP contribution in [0.4, 0.5) is 24.5 Å². The summed E-state index contributed by atoms with van der Waals surface area (Å²) in [5, 5.41) is 6.84. The lowest BCUT2D eigenvalue weighted by atomic mass is 9.73. The Hall–Kier alpha value is -4.63. The van der Waals surface area contributed by atoms with Gasteiger partial charge in [-0.1, -0.05) is 67.8 Å². The maximum atomic E-state index is 14.4. The van der Waals surface area contributed by atoms with E-state index >= 15 is 0 Å². The molecular weight excluding hydrogens is 1030 g/mol. The van der Waals surface area contributed by atoms with E-state index in [1.54, 1.807) is 12.1 Å². The topological polar surface area (TPSA) is 151 Å². The number of nitrogens with one attached hydrogen (secondary N) is 3. The van der Waals surface area contributed by atoms with Crippen LogP contribution < -0.4 is 20.3 Å². The van der Waals surface area contributed by atoms with Gasteiger partial charge in [0.15, 0.2) is 0 Å². The Bertz CT molecular complexity index is 2790. The molecule has 4 aromatic carbocycles. The number of rotatable bonds is 22. The van der Waals surface area contributed by atoms with Gasteiger partial charge in [-0.15, -0.1) is 11.8 Å². The molecule has 0 spiro atoms. The smallest absolute Gasteiger partial charge is 0.380 e. The third-order valence-electron chi connectivity index (χ3n) is 14.1. The van der Waals surface area contributed by atoms with E-state index in [-0.39, 0.29) is 16.9 Å². The van der Waals surface area contributed by atoms with Crippen LogP contribution in [0, 0.1) is 5.41 Å². The second kappa shape index (κ2) is 25.5. The van der Waals surface area contributed by atoms with Gasteiger partial charge in [-0.2, -0.15) is 13.2 Å². The molecule has 3 N–H and O–H groups in total. The molecule has 0 radical (unpaired) electrons. The van der Waals surface area contributed by atoms with E-state index in [4.69, 9.17) is 11.6 Å². The molecule has 2 amide bonds. The highest BCUT2D eigenvalue weighted by Gasteiger charge is 2.48. The van der Waals surface area contributed by atoms with Gasteiger partial charge in [-0.3, -0.25) is 19.4 Å². The van der Waals surface area contributed by atoms with E-state index in [1.807, 2.05) is 59.1 Å². The zero-order valence-electron chi connectivity index (χ0n) is 42.4. The Morgan fingerprint density at radius 1 is 0.811 bits per heavy atom. The fraction of sp³-hybridized carbons (Fsp3) is 0.481. The number of nitrogens with zero attached hydrogens (tertiary/aromatic N) is 4. The predicted molar refractivity (Wildman–Crippen MR) is 290 cm³/mol. The van der Waals surface area contributed by atoms with Crippen LogP contribution in [0.3, 0.4) is 0 Å². The number of unbranched alkanes of at least 4 members (excludes halogenated alkanes) is 2. The minimum absolute atomic E-state index is 0.0125. The number of allylic oxidation sites excluding steroid dienone is 1. The zero-order chi connectivity index (χ0) is 53.1. The molecule has 0 aromatic heterocycles. The molecule has 20 heteroatoms. The van der Waals surface area contributed by atoms with E-state index in [2.05, 4.69) is 51.3 Å². The quantitative estimate of drug-likeness (QED) is 0.0508. The van der Waals surface area contributed by atoms with Crippen LogP contribution in [0.5, 0.6) is 0 Å². The fourth-order valence-electron chi connectivity index (χ4n) is 9.80. The molecule has 1 unspecified atom stereocenters. The lowest BCUT2D eigenvalue weighted by molar-refractivity contribution is -0.133. The Balaban J connectivity index is 0.993. The highest BCUT2D eigenvalue weighted by Crippen LogP contribution is 2.43. The number of benzene rings is 4. The van der Waals surface area contributed by atoms with Crippen molar-refractivity contribution in [2.75, 3.05) is 95.0 Å². The molecule has 0 bridgehead atoms. The maximum absolute atomic E-state index is 14.4. The molecule has 402 valence electrons. The Morgan fingerprint density at radius 2 is 1.49 bits per heavy atom. The summed E-state index contributed by atoms with van der Waals surface area (Å²) >= 11 is 7.64. The molecule has 74 heavy (non-hydrogen) atoms. The number of hydrogen-bond donors (Lipinski definition) is 3. The predicted octanol–water partition coefficient (Wildman–Crippen LogP) is 9.43. The third-order valence-corrected chi connectivity index (χ3v) is 18.4. The fourth-order valence-corrected chi connectivity index (χ4v) is 12.9. The van der Waals surface area contributed by atoms with Gasteiger partial charge < -0.3 is 20.4 Å². The van der Waals surface area contributed by atoms with Gasteiger partial charge in [0.05, 0.1) is 10.6 Å². The van der Waals surface area contributed by atoms with E-state index in [0.717, 1.165) is 101 Å². The Morgan fingerprint density at radius 3 is 2.15 bits per heavy atom. The van der Waals surface area contributed by atoms with Gasteiger partial charge >= 0.3 is 5.51 Å². The summed E-state index contributed by atoms with van der Waals surface area (Å²) in [6, 6.07) is 25.7. The molecule has 0 saturated carbocycles. The Labute approximate surface area is 444 Å². The van der Waals surface area contributed by atoms with Gasteiger partial charge in [0.2, 0.25) is 5.91 Å². The maximum Gasteiger partial charge on any atom is 0.501 e. The van der Waals surface area contributed by atoms with Crippen LogP contribution in [0.2, 0.25) is 5.02 Å². The number of sulfonamides is 1. The van der Waals surface area contributed by atoms with Gasteiger partial charge in [0, 0.05) is 105 Å². The second-order valence-corrected chi connectivity index (χ2v) is 25.3. The number of carbonyl (C=O) groups is 2. The van der Waals surface area contributed by atoms with Crippen molar-refractivity contribution in [3.8, 4) is 0 Å². The number of halogens is 4. The highest BCUT2D eigenvalue weighted by atomic mass is 35.5. The lowest BCUT2D eigenvalue weighted by Gasteiger charge is -2.39. The van der Waals surface area contributed by atoms with E-state index in [1.165, 1.54) is 40.6 Å². The first-order valence-corrected chi connectivity index (χ1v) is 29.7. The summed E-state index contributed by atoms with van der Waals surface area (Å²) in [6.07, 6.45) is 6.80. The van der Waals surface area contributed by atoms with Crippen LogP contribution >= 0.6 is 23.4 Å². The molecule has 1 aliphatic carbocycles. The standard InChI is InChI=1S/C54H69ClF3N7O6S3/c1-53(2)25-23-48(40-13-17-43(55)18-14-40)42(37-53)38-63-30-32-64(33-31-63)45-19-15-41(16-20-45)52(67)61-74(70,71)47-21-22-49(50(36-47)73(68,69)54(56,57)58)60-44(39-72-46-10-6-4-7-11-46)24-27-62-28-34-65(35-29-62)51(66)12-8-5-9-26-59-3/h4,6-7,10-11,13-22,36,44,59-60H,5,8-9,12,23-35,37-39H2,1-3H3,(H,61,67). The van der Waals surface area contributed by atoms with Gasteiger partial charge in [0.1, 0.15) is 4.90 Å². The summed E-state index contributed by atoms with van der Waals surface area (Å²) < 4.78 is 98.9. The van der Waals surface area contributed by atoms with Crippen molar-refractivity contribution in [3.05, 3.63) is 119 Å². The van der Waals surface area contributed by atoms with Crippen LogP contribution in [0.15, 0.2) is 117 Å². The minimum Gasteiger partial charge on any atom is -0.380 e. The minimum atomic E-state index is -6.10. The molecule has 7 rings (SSSR count). The van der Waals surface area contributed by atoms with E-state index in [0.29, 0.717) is 62.4 Å². The van der Waals surface area contributed by atoms with Crippen molar-refractivity contribution in [1.29, 1.82) is 0 Å². The molecule has 2 aliphatic heterocycles. The molecule has 3 aliphatic rings. The monoisotopic (exact) mass is 1100 g/mol. The molecular formula is C54H69ClF3N7O6S3. The normalized spacial score (nSPS) is 17.6. The van der Waals surface area contributed by atoms with Crippen molar-refractivity contribution in [1.82, 2.24) is 24.7 Å². The summed E-state index contributed by atoms with van der Waals surface area (Å²) in [5.74, 6) is -0.591. The van der Waals surface area contributed by atoms with Crippen molar-refractivity contribution >= 4 is 72.0 Å². The number of amides is 2. The largest absolute Gasteiger partial charge is 0.501 e. The van der Waals surface area contributed by atoms with Crippen molar-refractivity contribution in [2.24, 2.45) is 5.41 Å². The first-order chi connectivity index (χ1) is 35.2. The summed E-state index contributed by atoms with van der Waals surface area (Å²) in [5.41, 5.74) is -1.11. The van der Waals surface area contributed by atoms with Crippen molar-refractivity contribution in [2.45, 2.75) is 91.5 Å². The molecule has 13 nitrogen and oxygen atoms in total. The number of carbonyl (C=O) groups excluding carboxylic acids is 2. The summed E-state index contributed by atoms with van der Waals surface area (Å²) in [4.78, 5) is 33.8. The third kappa shape index (κ3) is 15.5. The lowest BCUT2D eigenvalue weighted by Crippen LogP contribution is -2.49. The van der Waals surface area contributed by atoms with Gasteiger partial charge in [-0.25, -0.2) is 21.6 Å². The van der Waals surface area contributed by atoms with Crippen molar-refractivity contribution < 1.29 is 39.6 Å². The van der Waals surface area contributed by atoms with Crippen molar-refractivity contribution in [3.63, 3.8) is 0 Å². The van der Waals surface area contributed by atoms with Crippen LogP contribution in [0.25, 0.3) is 5.57 Å². The first-order valence-electron chi connectivity index (χ1n) is 25.4. The van der Waals surface area contributed by atoms with E-state index in [9.17, 15) is 39.6 Å². The Kier molecular flexibility index (Phi) is 19.7. The number of sulfone groups is 1. The SMILES string of the molecule is CNCCCCCC(=O)N1CCN(CCC(CSc2ccccc2)Nc2ccc(S(=O)(=O)NC(=O)c3ccc(N4CCN(CC5=C(c6ccc(Cl)cc6)CCC(C)(C)C5)CC4)cc3)cc2S(=O)(=O)C(F)(F)F)CC1. The highest BCUT2D eigenvalue weighted by molar-refractivity contribution is 7.99. The molecule has 2 saturated heterocycles. The number of alkyl halides is 3. The number of hydrogen-bond acceptors (Lipinski definition) is 12. The average Bonchev–Trinajstić information content (AvgIpc) is 3.37. The van der Waals surface area contributed by atoms with Crippen LogP contribution in [-0.4, -0.2) is 140 Å². The molecule has 2 heterocycles. The summed E-state index contributed by atoms with van der Waals surface area (Å²) in [6.45, 7) is 12.3. The molecule has 1 atom stereocenters. The average molecular weight is 1100 g/mol. The molecule has 2 fully saturated rings. The summed E-state index contributed by atoms with van der Waals surface area (Å²) in [7, 11) is -9.08. The number of piperazine rings is 2. The number of thioether (sulfide) groups is 1. The molecule has 4 aromatic rings. The first kappa shape index (κ1) is 57.1. The second-order valence-electron chi connectivity index (χ2n) is 20.2. The van der Waals surface area contributed by atoms with Gasteiger partial charge in [-0.05, 0) is 135 Å². The van der Waals surface area contributed by atoms with Crippen LogP contribution in [0.1, 0.15) is 81.1 Å². The van der Waals surface area contributed by atoms with Crippen LogP contribution in [-0.2, 0) is 24.7 Å².